The standard InChI is InChI=1S/C18H21ClN2OS/c19-15-7-5-14(6-8-15)12-18(22)20-13-16(17-4-3-11-23-17)21-9-1-2-10-21/h3-8,11,16H,1-2,9-10,12-13H2,(H,20,22). The van der Waals surface area contributed by atoms with E-state index < -0.39 is 0 Å². The van der Waals surface area contributed by atoms with Crippen molar-refractivity contribution in [1.82, 2.24) is 10.2 Å². The van der Waals surface area contributed by atoms with E-state index in [-0.39, 0.29) is 5.91 Å². The van der Waals surface area contributed by atoms with Gasteiger partial charge in [0.2, 0.25) is 5.91 Å². The molecule has 3 rings (SSSR count). The zero-order chi connectivity index (χ0) is 16.1. The summed E-state index contributed by atoms with van der Waals surface area (Å²) in [7, 11) is 0. The summed E-state index contributed by atoms with van der Waals surface area (Å²) in [6.07, 6.45) is 2.90. The van der Waals surface area contributed by atoms with Gasteiger partial charge in [0.15, 0.2) is 0 Å². The number of halogens is 1. The minimum Gasteiger partial charge on any atom is -0.354 e. The number of nitrogens with one attached hydrogen (secondary N) is 1. The minimum absolute atomic E-state index is 0.0630. The molecule has 1 aliphatic rings. The molecule has 1 fully saturated rings. The monoisotopic (exact) mass is 348 g/mol. The molecule has 2 aromatic rings. The Kier molecular flexibility index (Phi) is 5.70. The quantitative estimate of drug-likeness (QED) is 0.858. The van der Waals surface area contributed by atoms with E-state index in [9.17, 15) is 4.79 Å². The summed E-state index contributed by atoms with van der Waals surface area (Å²) in [6.45, 7) is 2.91. The van der Waals surface area contributed by atoms with Crippen molar-refractivity contribution in [3.8, 4) is 0 Å². The second kappa shape index (κ2) is 7.95. The number of amides is 1. The number of thiophene rings is 1. The number of nitrogens with zero attached hydrogens (tertiary/aromatic N) is 1. The highest BCUT2D eigenvalue weighted by molar-refractivity contribution is 7.10. The minimum atomic E-state index is 0.0630. The van der Waals surface area contributed by atoms with Crippen molar-refractivity contribution < 1.29 is 4.79 Å². The second-order valence-corrected chi connectivity index (χ2v) is 7.30. The van der Waals surface area contributed by atoms with Gasteiger partial charge in [0.1, 0.15) is 0 Å². The van der Waals surface area contributed by atoms with Crippen LogP contribution in [0.25, 0.3) is 0 Å². The van der Waals surface area contributed by atoms with E-state index >= 15 is 0 Å². The van der Waals surface area contributed by atoms with Gasteiger partial charge in [-0.2, -0.15) is 0 Å². The Morgan fingerprint density at radius 1 is 1.22 bits per heavy atom. The first-order valence-electron chi connectivity index (χ1n) is 8.01. The zero-order valence-corrected chi connectivity index (χ0v) is 14.6. The first-order chi connectivity index (χ1) is 11.2. The van der Waals surface area contributed by atoms with Gasteiger partial charge in [-0.1, -0.05) is 29.8 Å². The molecule has 0 aliphatic carbocycles. The van der Waals surface area contributed by atoms with Crippen molar-refractivity contribution in [3.05, 3.63) is 57.2 Å². The molecular formula is C18H21ClN2OS. The molecule has 1 atom stereocenters. The molecule has 1 saturated heterocycles. The molecule has 1 amide bonds. The SMILES string of the molecule is O=C(Cc1ccc(Cl)cc1)NCC(c1cccs1)N1CCCC1. The van der Waals surface area contributed by atoms with Gasteiger partial charge < -0.3 is 5.32 Å². The van der Waals surface area contributed by atoms with Gasteiger partial charge in [-0.05, 0) is 55.1 Å². The van der Waals surface area contributed by atoms with Crippen molar-refractivity contribution >= 4 is 28.8 Å². The molecule has 3 nitrogen and oxygen atoms in total. The number of hydrogen-bond donors (Lipinski definition) is 1. The summed E-state index contributed by atoms with van der Waals surface area (Å²) < 4.78 is 0. The summed E-state index contributed by atoms with van der Waals surface area (Å²) in [5.74, 6) is 0.0630. The van der Waals surface area contributed by atoms with E-state index in [0.717, 1.165) is 18.7 Å². The van der Waals surface area contributed by atoms with Crippen LogP contribution < -0.4 is 5.32 Å². The van der Waals surface area contributed by atoms with E-state index in [2.05, 4.69) is 27.7 Å². The Morgan fingerprint density at radius 3 is 2.61 bits per heavy atom. The van der Waals surface area contributed by atoms with Gasteiger partial charge in [0, 0.05) is 16.4 Å². The van der Waals surface area contributed by atoms with Crippen molar-refractivity contribution in [2.24, 2.45) is 0 Å². The van der Waals surface area contributed by atoms with E-state index in [0.29, 0.717) is 24.0 Å². The summed E-state index contributed by atoms with van der Waals surface area (Å²) in [5.41, 5.74) is 0.987. The Labute approximate surface area is 146 Å². The number of hydrogen-bond acceptors (Lipinski definition) is 3. The first-order valence-corrected chi connectivity index (χ1v) is 9.27. The number of benzene rings is 1. The van der Waals surface area contributed by atoms with Crippen LogP contribution in [-0.2, 0) is 11.2 Å². The third kappa shape index (κ3) is 4.56. The maximum absolute atomic E-state index is 12.2. The average molecular weight is 349 g/mol. The van der Waals surface area contributed by atoms with Gasteiger partial charge in [0.25, 0.3) is 0 Å². The lowest BCUT2D eigenvalue weighted by molar-refractivity contribution is -0.120. The van der Waals surface area contributed by atoms with Crippen LogP contribution in [-0.4, -0.2) is 30.4 Å². The lowest BCUT2D eigenvalue weighted by atomic mass is 10.1. The molecule has 2 heterocycles. The van der Waals surface area contributed by atoms with Gasteiger partial charge in [-0.25, -0.2) is 0 Å². The van der Waals surface area contributed by atoms with Crippen LogP contribution in [0, 0.1) is 0 Å². The maximum atomic E-state index is 12.2. The summed E-state index contributed by atoms with van der Waals surface area (Å²) in [4.78, 5) is 16.0. The Bertz CT molecular complexity index is 621. The third-order valence-electron chi connectivity index (χ3n) is 4.22. The van der Waals surface area contributed by atoms with E-state index in [1.54, 1.807) is 11.3 Å². The topological polar surface area (TPSA) is 32.3 Å². The first kappa shape index (κ1) is 16.5. The van der Waals surface area contributed by atoms with Crippen LogP contribution in [0.4, 0.5) is 0 Å². The van der Waals surface area contributed by atoms with Crippen LogP contribution in [0.5, 0.6) is 0 Å². The second-order valence-electron chi connectivity index (χ2n) is 5.88. The van der Waals surface area contributed by atoms with Crippen molar-refractivity contribution in [1.29, 1.82) is 0 Å². The van der Waals surface area contributed by atoms with Gasteiger partial charge in [0.05, 0.1) is 12.5 Å². The molecule has 0 bridgehead atoms. The number of rotatable bonds is 6. The molecule has 122 valence electrons. The van der Waals surface area contributed by atoms with Crippen molar-refractivity contribution in [2.75, 3.05) is 19.6 Å². The highest BCUT2D eigenvalue weighted by Crippen LogP contribution is 2.27. The summed E-state index contributed by atoms with van der Waals surface area (Å²) in [5, 5.41) is 5.90. The van der Waals surface area contributed by atoms with Crippen LogP contribution in [0.3, 0.4) is 0 Å². The smallest absolute Gasteiger partial charge is 0.224 e. The van der Waals surface area contributed by atoms with Gasteiger partial charge in [-0.3, -0.25) is 9.69 Å². The molecule has 5 heteroatoms. The molecule has 1 N–H and O–H groups in total. The lowest BCUT2D eigenvalue weighted by Gasteiger charge is -2.26. The Balaban J connectivity index is 1.57. The Hall–Kier alpha value is -1.36. The molecule has 23 heavy (non-hydrogen) atoms. The summed E-state index contributed by atoms with van der Waals surface area (Å²) >= 11 is 7.64. The molecule has 1 unspecified atom stereocenters. The molecular weight excluding hydrogens is 328 g/mol. The van der Waals surface area contributed by atoms with E-state index in [4.69, 9.17) is 11.6 Å². The number of carbonyl (C=O) groups is 1. The molecule has 0 saturated carbocycles. The number of carbonyl (C=O) groups excluding carboxylic acids is 1. The molecule has 0 spiro atoms. The summed E-state index contributed by atoms with van der Waals surface area (Å²) in [6, 6.07) is 12.0. The van der Waals surface area contributed by atoms with Crippen molar-refractivity contribution in [3.63, 3.8) is 0 Å². The molecule has 1 aromatic heterocycles. The number of likely N-dealkylation sites (tertiary alicyclic amines) is 1. The predicted molar refractivity (Wildman–Crippen MR) is 96.0 cm³/mol. The van der Waals surface area contributed by atoms with Crippen LogP contribution in [0.2, 0.25) is 5.02 Å². The fourth-order valence-electron chi connectivity index (χ4n) is 3.00. The molecule has 1 aromatic carbocycles. The van der Waals surface area contributed by atoms with E-state index in [1.807, 2.05) is 24.3 Å². The van der Waals surface area contributed by atoms with Gasteiger partial charge >= 0.3 is 0 Å². The lowest BCUT2D eigenvalue weighted by Crippen LogP contribution is -2.37. The van der Waals surface area contributed by atoms with E-state index in [1.165, 1.54) is 17.7 Å². The highest BCUT2D eigenvalue weighted by atomic mass is 35.5. The maximum Gasteiger partial charge on any atom is 0.224 e. The third-order valence-corrected chi connectivity index (χ3v) is 5.45. The predicted octanol–water partition coefficient (Wildman–Crippen LogP) is 3.90. The average Bonchev–Trinajstić information content (AvgIpc) is 3.24. The fourth-order valence-corrected chi connectivity index (χ4v) is 3.99. The normalized spacial score (nSPS) is 16.4. The fraction of sp³-hybridized carbons (Fsp3) is 0.389. The van der Waals surface area contributed by atoms with Crippen LogP contribution in [0.15, 0.2) is 41.8 Å². The van der Waals surface area contributed by atoms with Crippen molar-refractivity contribution in [2.45, 2.75) is 25.3 Å². The van der Waals surface area contributed by atoms with Gasteiger partial charge in [-0.15, -0.1) is 11.3 Å². The van der Waals surface area contributed by atoms with Crippen LogP contribution >= 0.6 is 22.9 Å². The largest absolute Gasteiger partial charge is 0.354 e. The Morgan fingerprint density at radius 2 is 1.96 bits per heavy atom. The highest BCUT2D eigenvalue weighted by Gasteiger charge is 2.24. The molecule has 1 aliphatic heterocycles. The zero-order valence-electron chi connectivity index (χ0n) is 13.0. The van der Waals surface area contributed by atoms with Crippen LogP contribution in [0.1, 0.15) is 29.3 Å². The molecule has 0 radical (unpaired) electrons.